The summed E-state index contributed by atoms with van der Waals surface area (Å²) in [5.74, 6) is 0.679. The van der Waals surface area contributed by atoms with Gasteiger partial charge in [0.2, 0.25) is 0 Å². The number of carbonyl (C=O) groups excluding carboxylic acids is 1. The third-order valence-corrected chi connectivity index (χ3v) is 4.41. The molecule has 0 fully saturated rings. The van der Waals surface area contributed by atoms with Gasteiger partial charge in [-0.2, -0.15) is 0 Å². The number of hydrazine groups is 2. The van der Waals surface area contributed by atoms with Crippen molar-refractivity contribution in [3.05, 3.63) is 66.0 Å². The molecule has 6 heteroatoms. The summed E-state index contributed by atoms with van der Waals surface area (Å²) in [5, 5.41) is 7.66. The van der Waals surface area contributed by atoms with Gasteiger partial charge in [0.25, 0.3) is 0 Å². The van der Waals surface area contributed by atoms with E-state index in [-0.39, 0.29) is 6.03 Å². The maximum atomic E-state index is 12.2. The van der Waals surface area contributed by atoms with E-state index in [0.717, 1.165) is 35.5 Å². The van der Waals surface area contributed by atoms with Gasteiger partial charge in [-0.3, -0.25) is 5.01 Å². The molecule has 142 valence electrons. The Morgan fingerprint density at radius 3 is 2.52 bits per heavy atom. The Labute approximate surface area is 160 Å². The van der Waals surface area contributed by atoms with Crippen LogP contribution < -0.4 is 26.6 Å². The van der Waals surface area contributed by atoms with Gasteiger partial charge in [0.05, 0.1) is 5.69 Å². The molecule has 2 aromatic carbocycles. The first kappa shape index (κ1) is 18.8. The van der Waals surface area contributed by atoms with Crippen molar-refractivity contribution < 1.29 is 4.79 Å². The van der Waals surface area contributed by atoms with E-state index < -0.39 is 0 Å². The number of hydrogen-bond acceptors (Lipinski definition) is 4. The second-order valence-electron chi connectivity index (χ2n) is 7.13. The Morgan fingerprint density at radius 1 is 1.07 bits per heavy atom. The molecule has 0 aromatic heterocycles. The number of hydrogen-bond donors (Lipinski definition) is 4. The highest BCUT2D eigenvalue weighted by molar-refractivity contribution is 6.00. The topological polar surface area (TPSA) is 68.4 Å². The number of rotatable bonds is 6. The van der Waals surface area contributed by atoms with Crippen molar-refractivity contribution in [1.29, 1.82) is 0 Å². The van der Waals surface area contributed by atoms with Gasteiger partial charge in [0.15, 0.2) is 0 Å². The van der Waals surface area contributed by atoms with Gasteiger partial charge in [0.1, 0.15) is 0 Å². The fourth-order valence-corrected chi connectivity index (χ4v) is 2.77. The molecule has 1 aliphatic heterocycles. The summed E-state index contributed by atoms with van der Waals surface area (Å²) in [7, 11) is 0. The van der Waals surface area contributed by atoms with Crippen LogP contribution in [0.15, 0.2) is 60.4 Å². The van der Waals surface area contributed by atoms with Crippen LogP contribution in [-0.4, -0.2) is 6.03 Å². The molecule has 1 aliphatic rings. The first-order valence-corrected chi connectivity index (χ1v) is 9.26. The van der Waals surface area contributed by atoms with Gasteiger partial charge >= 0.3 is 6.03 Å². The van der Waals surface area contributed by atoms with Crippen molar-refractivity contribution in [2.45, 2.75) is 33.6 Å². The number of amides is 2. The molecule has 0 unspecified atom stereocenters. The van der Waals surface area contributed by atoms with E-state index in [1.54, 1.807) is 0 Å². The van der Waals surface area contributed by atoms with E-state index in [2.05, 4.69) is 41.6 Å². The molecule has 2 amide bonds. The van der Waals surface area contributed by atoms with Crippen LogP contribution in [-0.2, 0) is 0 Å². The van der Waals surface area contributed by atoms with E-state index >= 15 is 0 Å². The summed E-state index contributed by atoms with van der Waals surface area (Å²) < 4.78 is 0. The van der Waals surface area contributed by atoms with E-state index in [9.17, 15) is 4.79 Å². The Balaban J connectivity index is 1.56. The van der Waals surface area contributed by atoms with Crippen LogP contribution in [0.25, 0.3) is 0 Å². The zero-order valence-electron chi connectivity index (χ0n) is 16.0. The summed E-state index contributed by atoms with van der Waals surface area (Å²) >= 11 is 0. The quantitative estimate of drug-likeness (QED) is 0.596. The van der Waals surface area contributed by atoms with Gasteiger partial charge in [-0.25, -0.2) is 4.79 Å². The first-order valence-electron chi connectivity index (χ1n) is 9.26. The summed E-state index contributed by atoms with van der Waals surface area (Å²) in [6.07, 6.45) is 4.22. The molecule has 0 bridgehead atoms. The lowest BCUT2D eigenvalue weighted by atomic mass is 10.1. The second kappa shape index (κ2) is 8.60. The number of urea groups is 1. The Hall–Kier alpha value is -2.99. The van der Waals surface area contributed by atoms with Gasteiger partial charge < -0.3 is 16.1 Å². The van der Waals surface area contributed by atoms with Crippen LogP contribution in [0.5, 0.6) is 0 Å². The molecule has 0 aliphatic carbocycles. The highest BCUT2D eigenvalue weighted by Crippen LogP contribution is 2.21. The molecule has 3 rings (SSSR count). The SMILES string of the molecule is Cc1ccccc1NC(=O)Nc1ccc(N2C=C(CCC(C)C)NN2)cc1. The standard InChI is InChI=1S/C21H27N5O/c1-15(2)8-9-18-14-26(25-24-18)19-12-10-17(11-13-19)22-21(27)23-20-7-5-4-6-16(20)3/h4-7,10-15,24-25H,8-9H2,1-3H3,(H2,22,23,27). The predicted octanol–water partition coefficient (Wildman–Crippen LogP) is 4.75. The van der Waals surface area contributed by atoms with E-state index in [0.29, 0.717) is 5.92 Å². The summed E-state index contributed by atoms with van der Waals surface area (Å²) in [4.78, 5) is 12.2. The van der Waals surface area contributed by atoms with Crippen molar-refractivity contribution in [2.75, 3.05) is 15.6 Å². The molecule has 0 saturated carbocycles. The lowest BCUT2D eigenvalue weighted by molar-refractivity contribution is 0.262. The third kappa shape index (κ3) is 5.24. The number of benzene rings is 2. The number of anilines is 3. The molecular weight excluding hydrogens is 338 g/mol. The third-order valence-electron chi connectivity index (χ3n) is 4.41. The fourth-order valence-electron chi connectivity index (χ4n) is 2.77. The molecule has 0 atom stereocenters. The number of nitrogens with zero attached hydrogens (tertiary/aromatic N) is 1. The number of carbonyl (C=O) groups is 1. The van der Waals surface area contributed by atoms with Crippen LogP contribution >= 0.6 is 0 Å². The second-order valence-corrected chi connectivity index (χ2v) is 7.13. The number of allylic oxidation sites excluding steroid dienone is 1. The molecular formula is C21H27N5O. The van der Waals surface area contributed by atoms with Crippen molar-refractivity contribution >= 4 is 23.1 Å². The van der Waals surface area contributed by atoms with E-state index in [4.69, 9.17) is 0 Å². The Morgan fingerprint density at radius 2 is 1.81 bits per heavy atom. The monoisotopic (exact) mass is 365 g/mol. The number of para-hydroxylation sites is 1. The van der Waals surface area contributed by atoms with Crippen LogP contribution in [0, 0.1) is 12.8 Å². The number of nitrogens with one attached hydrogen (secondary N) is 4. The zero-order chi connectivity index (χ0) is 19.2. The minimum Gasteiger partial charge on any atom is -0.308 e. The average molecular weight is 365 g/mol. The smallest absolute Gasteiger partial charge is 0.308 e. The summed E-state index contributed by atoms with van der Waals surface area (Å²) in [6, 6.07) is 15.1. The fraction of sp³-hybridized carbons (Fsp3) is 0.286. The maximum absolute atomic E-state index is 12.2. The van der Waals surface area contributed by atoms with E-state index in [1.807, 2.05) is 60.5 Å². The highest BCUT2D eigenvalue weighted by atomic mass is 16.2. The number of aryl methyl sites for hydroxylation is 1. The molecule has 6 nitrogen and oxygen atoms in total. The maximum Gasteiger partial charge on any atom is 0.323 e. The van der Waals surface area contributed by atoms with Gasteiger partial charge in [0, 0.05) is 23.3 Å². The predicted molar refractivity (Wildman–Crippen MR) is 111 cm³/mol. The first-order chi connectivity index (χ1) is 13.0. The molecule has 0 saturated heterocycles. The van der Waals surface area contributed by atoms with Gasteiger partial charge in [-0.15, -0.1) is 5.53 Å². The molecule has 27 heavy (non-hydrogen) atoms. The lowest BCUT2D eigenvalue weighted by Gasteiger charge is -2.16. The average Bonchev–Trinajstić information content (AvgIpc) is 3.11. The largest absolute Gasteiger partial charge is 0.323 e. The van der Waals surface area contributed by atoms with Crippen LogP contribution in [0.1, 0.15) is 32.3 Å². The van der Waals surface area contributed by atoms with E-state index in [1.165, 1.54) is 5.70 Å². The van der Waals surface area contributed by atoms with Crippen molar-refractivity contribution in [1.82, 2.24) is 11.0 Å². The summed E-state index contributed by atoms with van der Waals surface area (Å²) in [6.45, 7) is 6.41. The zero-order valence-corrected chi connectivity index (χ0v) is 16.0. The molecule has 1 heterocycles. The molecule has 4 N–H and O–H groups in total. The highest BCUT2D eigenvalue weighted by Gasteiger charge is 2.13. The van der Waals surface area contributed by atoms with Crippen molar-refractivity contribution in [3.8, 4) is 0 Å². The normalized spacial score (nSPS) is 13.3. The van der Waals surface area contributed by atoms with Crippen LogP contribution in [0.3, 0.4) is 0 Å². The minimum absolute atomic E-state index is 0.256. The Bertz CT molecular complexity index is 814. The van der Waals surface area contributed by atoms with Gasteiger partial charge in [-0.05, 0) is 61.6 Å². The van der Waals surface area contributed by atoms with Crippen LogP contribution in [0.4, 0.5) is 21.9 Å². The Kier molecular flexibility index (Phi) is 5.98. The molecule has 2 aromatic rings. The van der Waals surface area contributed by atoms with Gasteiger partial charge in [-0.1, -0.05) is 32.0 Å². The van der Waals surface area contributed by atoms with Crippen LogP contribution in [0.2, 0.25) is 0 Å². The molecule has 0 radical (unpaired) electrons. The minimum atomic E-state index is -0.256. The van der Waals surface area contributed by atoms with Crippen molar-refractivity contribution in [3.63, 3.8) is 0 Å². The summed E-state index contributed by atoms with van der Waals surface area (Å²) in [5.41, 5.74) is 11.1. The lowest BCUT2D eigenvalue weighted by Crippen LogP contribution is -2.36. The molecule has 0 spiro atoms. The van der Waals surface area contributed by atoms with Crippen molar-refractivity contribution in [2.24, 2.45) is 5.92 Å².